The zero-order valence-electron chi connectivity index (χ0n) is 15.9. The van der Waals surface area contributed by atoms with Crippen molar-refractivity contribution in [3.8, 4) is 17.4 Å². The largest absolute Gasteiger partial charge is 0.438 e. The second-order valence-corrected chi connectivity index (χ2v) is 6.76. The third kappa shape index (κ3) is 4.73. The Morgan fingerprint density at radius 3 is 2.43 bits per heavy atom. The summed E-state index contributed by atoms with van der Waals surface area (Å²) >= 11 is 6.08. The minimum absolute atomic E-state index is 0.348. The molecule has 0 aliphatic carbocycles. The minimum Gasteiger partial charge on any atom is -0.438 e. The highest BCUT2D eigenvalue weighted by Crippen LogP contribution is 2.22. The molecule has 2 amide bonds. The Kier molecular flexibility index (Phi) is 5.58. The smallest absolute Gasteiger partial charge is 0.323 e. The van der Waals surface area contributed by atoms with Gasteiger partial charge < -0.3 is 15.4 Å². The molecule has 0 saturated carbocycles. The van der Waals surface area contributed by atoms with Crippen LogP contribution in [0.2, 0.25) is 5.02 Å². The third-order valence-corrected chi connectivity index (χ3v) is 4.54. The Labute approximate surface area is 177 Å². The van der Waals surface area contributed by atoms with Crippen molar-refractivity contribution in [3.05, 3.63) is 83.6 Å². The van der Waals surface area contributed by atoms with Crippen LogP contribution in [0.3, 0.4) is 0 Å². The van der Waals surface area contributed by atoms with Crippen LogP contribution in [0.15, 0.2) is 73.1 Å². The van der Waals surface area contributed by atoms with Crippen LogP contribution in [0, 0.1) is 6.92 Å². The van der Waals surface area contributed by atoms with Gasteiger partial charge in [-0.25, -0.2) is 9.48 Å². The predicted octanol–water partition coefficient (Wildman–Crippen LogP) is 5.06. The van der Waals surface area contributed by atoms with Crippen molar-refractivity contribution in [2.24, 2.45) is 0 Å². The molecule has 0 aliphatic heterocycles. The molecule has 0 fully saturated rings. The van der Waals surface area contributed by atoms with Crippen molar-refractivity contribution >= 4 is 29.0 Å². The van der Waals surface area contributed by atoms with Crippen LogP contribution in [-0.4, -0.2) is 26.0 Å². The van der Waals surface area contributed by atoms with E-state index in [2.05, 4.69) is 25.9 Å². The third-order valence-electron chi connectivity index (χ3n) is 4.13. The van der Waals surface area contributed by atoms with Crippen molar-refractivity contribution in [3.63, 3.8) is 0 Å². The lowest BCUT2D eigenvalue weighted by molar-refractivity contribution is 0.262. The molecule has 0 unspecified atom stereocenters. The van der Waals surface area contributed by atoms with Gasteiger partial charge in [-0.2, -0.15) is 5.10 Å². The number of rotatable bonds is 5. The number of hydrogen-bond donors (Lipinski definition) is 2. The Balaban J connectivity index is 1.34. The number of hydrogen-bond acceptors (Lipinski definition) is 5. The highest BCUT2D eigenvalue weighted by molar-refractivity contribution is 6.31. The van der Waals surface area contributed by atoms with E-state index in [1.54, 1.807) is 71.7 Å². The standard InChI is InChI=1S/C21H17ClN6O2/c1-14-3-4-16(13-18(14)22)25-21(29)24-15-5-7-17(8-6-15)30-20-10-9-19(26-27-20)28-12-2-11-23-28/h2-13H,1H3,(H2,24,25,29). The van der Waals surface area contributed by atoms with Crippen molar-refractivity contribution in [1.82, 2.24) is 20.0 Å². The fraction of sp³-hybridized carbons (Fsp3) is 0.0476. The number of aryl methyl sites for hydroxylation is 1. The zero-order chi connectivity index (χ0) is 20.9. The fourth-order valence-electron chi connectivity index (χ4n) is 2.59. The summed E-state index contributed by atoms with van der Waals surface area (Å²) in [6.07, 6.45) is 3.44. The quantitative estimate of drug-likeness (QED) is 0.470. The Morgan fingerprint density at radius 1 is 1.00 bits per heavy atom. The second kappa shape index (κ2) is 8.62. The average Bonchev–Trinajstić information content (AvgIpc) is 3.28. The van der Waals surface area contributed by atoms with Crippen LogP contribution in [0.1, 0.15) is 5.56 Å². The molecule has 4 aromatic rings. The van der Waals surface area contributed by atoms with Crippen molar-refractivity contribution in [1.29, 1.82) is 0 Å². The van der Waals surface area contributed by atoms with E-state index < -0.39 is 0 Å². The van der Waals surface area contributed by atoms with Crippen molar-refractivity contribution in [2.45, 2.75) is 6.92 Å². The summed E-state index contributed by atoms with van der Waals surface area (Å²) in [5, 5.41) is 18.3. The highest BCUT2D eigenvalue weighted by Gasteiger charge is 2.06. The van der Waals surface area contributed by atoms with Gasteiger partial charge in [0.25, 0.3) is 0 Å². The van der Waals surface area contributed by atoms with E-state index in [4.69, 9.17) is 16.3 Å². The first-order valence-electron chi connectivity index (χ1n) is 9.03. The Hall–Kier alpha value is -3.91. The molecule has 0 radical (unpaired) electrons. The van der Waals surface area contributed by atoms with E-state index in [0.717, 1.165) is 5.56 Å². The first kappa shape index (κ1) is 19.4. The summed E-state index contributed by atoms with van der Waals surface area (Å²) in [5.74, 6) is 1.50. The highest BCUT2D eigenvalue weighted by atomic mass is 35.5. The van der Waals surface area contributed by atoms with Crippen LogP contribution in [0.5, 0.6) is 11.6 Å². The molecule has 30 heavy (non-hydrogen) atoms. The van der Waals surface area contributed by atoms with Gasteiger partial charge in [-0.3, -0.25) is 0 Å². The first-order valence-corrected chi connectivity index (χ1v) is 9.40. The minimum atomic E-state index is -0.372. The van der Waals surface area contributed by atoms with E-state index in [0.29, 0.717) is 33.8 Å². The van der Waals surface area contributed by atoms with Gasteiger partial charge in [-0.1, -0.05) is 17.7 Å². The summed E-state index contributed by atoms with van der Waals surface area (Å²) in [6.45, 7) is 1.90. The lowest BCUT2D eigenvalue weighted by atomic mass is 10.2. The van der Waals surface area contributed by atoms with E-state index in [1.165, 1.54) is 0 Å². The number of anilines is 2. The summed E-state index contributed by atoms with van der Waals surface area (Å²) in [4.78, 5) is 12.2. The normalized spacial score (nSPS) is 10.5. The van der Waals surface area contributed by atoms with Crippen LogP contribution in [0.4, 0.5) is 16.2 Å². The number of ether oxygens (including phenoxy) is 1. The van der Waals surface area contributed by atoms with Crippen LogP contribution in [0.25, 0.3) is 5.82 Å². The second-order valence-electron chi connectivity index (χ2n) is 6.35. The summed E-state index contributed by atoms with van der Waals surface area (Å²) < 4.78 is 7.29. The van der Waals surface area contributed by atoms with E-state index in [1.807, 2.05) is 13.0 Å². The lowest BCUT2D eigenvalue weighted by Crippen LogP contribution is -2.19. The van der Waals surface area contributed by atoms with Gasteiger partial charge >= 0.3 is 6.03 Å². The van der Waals surface area contributed by atoms with Gasteiger partial charge in [0.15, 0.2) is 5.82 Å². The number of aromatic nitrogens is 4. The maximum Gasteiger partial charge on any atom is 0.323 e. The summed E-state index contributed by atoms with van der Waals surface area (Å²) in [6, 6.07) is 17.1. The van der Waals surface area contributed by atoms with Crippen molar-refractivity contribution < 1.29 is 9.53 Å². The molecule has 0 atom stereocenters. The number of halogens is 1. The Morgan fingerprint density at radius 2 is 1.77 bits per heavy atom. The zero-order valence-corrected chi connectivity index (χ0v) is 16.7. The van der Waals surface area contributed by atoms with Gasteiger partial charge in [0.05, 0.1) is 0 Å². The number of nitrogens with zero attached hydrogens (tertiary/aromatic N) is 4. The average molecular weight is 421 g/mol. The molecule has 2 heterocycles. The lowest BCUT2D eigenvalue weighted by Gasteiger charge is -2.10. The maximum atomic E-state index is 12.2. The first-order chi connectivity index (χ1) is 14.6. The van der Waals surface area contributed by atoms with E-state index >= 15 is 0 Å². The monoisotopic (exact) mass is 420 g/mol. The summed E-state index contributed by atoms with van der Waals surface area (Å²) in [5.41, 5.74) is 2.16. The number of carbonyl (C=O) groups excluding carboxylic acids is 1. The van der Waals surface area contributed by atoms with Crippen LogP contribution in [-0.2, 0) is 0 Å². The molecule has 150 valence electrons. The molecule has 0 spiro atoms. The number of nitrogens with one attached hydrogen (secondary N) is 2. The topological polar surface area (TPSA) is 94.0 Å². The molecule has 0 aliphatic rings. The summed E-state index contributed by atoms with van der Waals surface area (Å²) in [7, 11) is 0. The number of benzene rings is 2. The SMILES string of the molecule is Cc1ccc(NC(=O)Nc2ccc(Oc3ccc(-n4cccn4)nn3)cc2)cc1Cl. The molecule has 0 saturated heterocycles. The van der Waals surface area contributed by atoms with Crippen molar-refractivity contribution in [2.75, 3.05) is 10.6 Å². The molecular weight excluding hydrogens is 404 g/mol. The van der Waals surface area contributed by atoms with E-state index in [9.17, 15) is 4.79 Å². The molecule has 2 aromatic heterocycles. The van der Waals surface area contributed by atoms with E-state index in [-0.39, 0.29) is 6.03 Å². The van der Waals surface area contributed by atoms with Gasteiger partial charge in [0.2, 0.25) is 5.88 Å². The molecule has 2 N–H and O–H groups in total. The maximum absolute atomic E-state index is 12.2. The van der Waals surface area contributed by atoms with Gasteiger partial charge in [-0.05, 0) is 61.0 Å². The molecule has 4 rings (SSSR count). The van der Waals surface area contributed by atoms with Gasteiger partial charge in [0.1, 0.15) is 5.75 Å². The van der Waals surface area contributed by atoms with Gasteiger partial charge in [-0.15, -0.1) is 10.2 Å². The molecule has 2 aromatic carbocycles. The Bertz CT molecular complexity index is 1150. The molecule has 9 heteroatoms. The predicted molar refractivity (Wildman–Crippen MR) is 115 cm³/mol. The molecule has 0 bridgehead atoms. The molecule has 8 nitrogen and oxygen atoms in total. The number of carbonyl (C=O) groups is 1. The van der Waals surface area contributed by atoms with Gasteiger partial charge in [0, 0.05) is 34.9 Å². The molecular formula is C21H17ClN6O2. The fourth-order valence-corrected chi connectivity index (χ4v) is 2.77. The number of urea groups is 1. The number of amides is 2. The van der Waals surface area contributed by atoms with Crippen LogP contribution < -0.4 is 15.4 Å². The van der Waals surface area contributed by atoms with Crippen LogP contribution >= 0.6 is 11.6 Å².